The zero-order chi connectivity index (χ0) is 25.0. The van der Waals surface area contributed by atoms with Gasteiger partial charge in [0.25, 0.3) is 0 Å². The van der Waals surface area contributed by atoms with E-state index in [1.54, 1.807) is 24.3 Å². The van der Waals surface area contributed by atoms with Crippen molar-refractivity contribution in [1.82, 2.24) is 10.2 Å². The molecule has 1 unspecified atom stereocenters. The molecule has 1 saturated heterocycles. The summed E-state index contributed by atoms with van der Waals surface area (Å²) in [6.45, 7) is 2.07. The number of hydrogen-bond acceptors (Lipinski definition) is 5. The molecule has 1 aliphatic heterocycles. The highest BCUT2D eigenvalue weighted by molar-refractivity contribution is 5.92. The van der Waals surface area contributed by atoms with Gasteiger partial charge < -0.3 is 25.2 Å². The first-order valence-corrected chi connectivity index (χ1v) is 10.4. The molecule has 2 aromatic rings. The topological polar surface area (TPSA) is 97.7 Å². The number of nitrogens with one attached hydrogen (secondary N) is 2. The number of carbonyl (C=O) groups is 2. The monoisotopic (exact) mass is 475 g/mol. The van der Waals surface area contributed by atoms with Crippen LogP contribution in [0.2, 0.25) is 0 Å². The molecule has 0 aliphatic carbocycles. The van der Waals surface area contributed by atoms with Gasteiger partial charge in [-0.2, -0.15) is 18.4 Å². The fourth-order valence-corrected chi connectivity index (χ4v) is 3.81. The van der Waals surface area contributed by atoms with E-state index < -0.39 is 35.3 Å². The maximum absolute atomic E-state index is 13.4. The lowest BCUT2D eigenvalue weighted by molar-refractivity contribution is -0.137. The molecule has 0 aromatic heterocycles. The van der Waals surface area contributed by atoms with Crippen LogP contribution in [0.3, 0.4) is 0 Å². The minimum atomic E-state index is -4.72. The van der Waals surface area contributed by atoms with Crippen LogP contribution in [0.4, 0.5) is 29.3 Å². The number of piperazine rings is 1. The number of hydrogen-bond donors (Lipinski definition) is 2. The van der Waals surface area contributed by atoms with E-state index in [1.165, 1.54) is 30.0 Å². The highest BCUT2D eigenvalue weighted by Crippen LogP contribution is 2.35. The summed E-state index contributed by atoms with van der Waals surface area (Å²) in [5.74, 6) is 0.195. The number of anilines is 2. The highest BCUT2D eigenvalue weighted by atomic mass is 19.4. The molecule has 34 heavy (non-hydrogen) atoms. The minimum Gasteiger partial charge on any atom is -0.497 e. The number of nitrogens with zero attached hydrogens (tertiary/aromatic N) is 3. The number of amides is 3. The van der Waals surface area contributed by atoms with Crippen molar-refractivity contribution in [3.8, 4) is 11.8 Å². The van der Waals surface area contributed by atoms with Gasteiger partial charge in [0, 0.05) is 31.5 Å². The van der Waals surface area contributed by atoms with Crippen molar-refractivity contribution >= 4 is 23.3 Å². The summed E-state index contributed by atoms with van der Waals surface area (Å²) in [6, 6.07) is 8.70. The van der Waals surface area contributed by atoms with Crippen molar-refractivity contribution < 1.29 is 27.5 Å². The maximum Gasteiger partial charge on any atom is 0.417 e. The first kappa shape index (κ1) is 24.7. The Bertz CT molecular complexity index is 1130. The normalized spacial score (nSPS) is 16.0. The third-order valence-electron chi connectivity index (χ3n) is 5.65. The molecule has 3 rings (SSSR count). The van der Waals surface area contributed by atoms with Crippen LogP contribution in [-0.4, -0.2) is 56.7 Å². The molecule has 0 bridgehead atoms. The Balaban J connectivity index is 1.84. The molecule has 180 valence electrons. The van der Waals surface area contributed by atoms with E-state index in [0.29, 0.717) is 11.4 Å². The summed E-state index contributed by atoms with van der Waals surface area (Å²) in [5, 5.41) is 14.4. The Morgan fingerprint density at radius 1 is 1.18 bits per heavy atom. The average Bonchev–Trinajstić information content (AvgIpc) is 2.83. The first-order valence-electron chi connectivity index (χ1n) is 10.4. The van der Waals surface area contributed by atoms with Crippen molar-refractivity contribution in [2.75, 3.05) is 44.0 Å². The molecule has 1 heterocycles. The number of rotatable bonds is 4. The van der Waals surface area contributed by atoms with Gasteiger partial charge in [0.2, 0.25) is 5.91 Å². The van der Waals surface area contributed by atoms with Gasteiger partial charge in [0.05, 0.1) is 30.9 Å². The lowest BCUT2D eigenvalue weighted by Gasteiger charge is -2.41. The van der Waals surface area contributed by atoms with E-state index in [-0.39, 0.29) is 25.3 Å². The molecule has 1 atom stereocenters. The molecule has 1 aliphatic rings. The van der Waals surface area contributed by atoms with Crippen LogP contribution in [0.5, 0.6) is 5.75 Å². The Kier molecular flexibility index (Phi) is 7.20. The average molecular weight is 475 g/mol. The molecule has 0 saturated carbocycles. The van der Waals surface area contributed by atoms with Crippen molar-refractivity contribution in [2.45, 2.75) is 19.1 Å². The van der Waals surface area contributed by atoms with Crippen molar-refractivity contribution in [2.24, 2.45) is 0 Å². The number of methoxy groups -OCH3 is 1. The number of aryl methyl sites for hydroxylation is 1. The number of nitriles is 1. The molecule has 2 N–H and O–H groups in total. The van der Waals surface area contributed by atoms with E-state index in [0.717, 1.165) is 17.7 Å². The van der Waals surface area contributed by atoms with Crippen LogP contribution >= 0.6 is 0 Å². The number of alkyl halides is 3. The van der Waals surface area contributed by atoms with Gasteiger partial charge in [-0.25, -0.2) is 4.79 Å². The number of benzene rings is 2. The van der Waals surface area contributed by atoms with E-state index in [9.17, 15) is 22.8 Å². The largest absolute Gasteiger partial charge is 0.497 e. The SMILES string of the molecule is CNC(=O)C1CN(C(=O)Nc2ccc(OC)cc2C)CCN1c1ccc(C#N)c(C(F)(F)F)c1. The number of halogens is 3. The summed E-state index contributed by atoms with van der Waals surface area (Å²) < 4.78 is 45.5. The van der Waals surface area contributed by atoms with Crippen LogP contribution in [0.25, 0.3) is 0 Å². The van der Waals surface area contributed by atoms with Crippen molar-refractivity contribution in [3.63, 3.8) is 0 Å². The van der Waals surface area contributed by atoms with Crippen LogP contribution in [0.15, 0.2) is 36.4 Å². The van der Waals surface area contributed by atoms with Crippen molar-refractivity contribution in [1.29, 1.82) is 5.26 Å². The van der Waals surface area contributed by atoms with E-state index in [2.05, 4.69) is 10.6 Å². The number of ether oxygens (including phenoxy) is 1. The van der Waals surface area contributed by atoms with Gasteiger partial charge in [-0.1, -0.05) is 0 Å². The zero-order valence-electron chi connectivity index (χ0n) is 18.9. The maximum atomic E-state index is 13.4. The fourth-order valence-electron chi connectivity index (χ4n) is 3.81. The first-order chi connectivity index (χ1) is 16.1. The van der Waals surface area contributed by atoms with E-state index in [4.69, 9.17) is 10.00 Å². The van der Waals surface area contributed by atoms with Gasteiger partial charge in [-0.3, -0.25) is 4.79 Å². The second kappa shape index (κ2) is 9.91. The summed E-state index contributed by atoms with van der Waals surface area (Å²) >= 11 is 0. The smallest absolute Gasteiger partial charge is 0.417 e. The van der Waals surface area contributed by atoms with E-state index in [1.807, 2.05) is 6.92 Å². The van der Waals surface area contributed by atoms with Gasteiger partial charge in [-0.15, -0.1) is 0 Å². The van der Waals surface area contributed by atoms with Gasteiger partial charge in [-0.05, 0) is 48.9 Å². The molecule has 8 nitrogen and oxygen atoms in total. The second-order valence-electron chi connectivity index (χ2n) is 7.72. The second-order valence-corrected chi connectivity index (χ2v) is 7.72. The van der Waals surface area contributed by atoms with Crippen LogP contribution in [-0.2, 0) is 11.0 Å². The fraction of sp³-hybridized carbons (Fsp3) is 0.348. The summed E-state index contributed by atoms with van der Waals surface area (Å²) in [5.41, 5.74) is -0.0667. The number of urea groups is 1. The molecule has 0 radical (unpaired) electrons. The van der Waals surface area contributed by atoms with Gasteiger partial charge >= 0.3 is 12.2 Å². The van der Waals surface area contributed by atoms with Gasteiger partial charge in [0.1, 0.15) is 11.8 Å². The number of carbonyl (C=O) groups excluding carboxylic acids is 2. The van der Waals surface area contributed by atoms with E-state index >= 15 is 0 Å². The summed E-state index contributed by atoms with van der Waals surface area (Å²) in [6.07, 6.45) is -4.72. The predicted octanol–water partition coefficient (Wildman–Crippen LogP) is 3.36. The van der Waals surface area contributed by atoms with Crippen LogP contribution in [0.1, 0.15) is 16.7 Å². The molecule has 0 spiro atoms. The minimum absolute atomic E-state index is 0.0396. The standard InChI is InChI=1S/C23H24F3N5O3/c1-14-10-17(34-3)6-7-19(14)29-22(33)30-8-9-31(20(13-30)21(32)28-2)16-5-4-15(12-27)18(11-16)23(24,25)26/h4-7,10-11,20H,8-9,13H2,1-3H3,(H,28,32)(H,29,33). The van der Waals surface area contributed by atoms with Crippen LogP contribution in [0, 0.1) is 18.3 Å². The molecule has 11 heteroatoms. The van der Waals surface area contributed by atoms with Crippen molar-refractivity contribution in [3.05, 3.63) is 53.1 Å². The molecular formula is C23H24F3N5O3. The number of likely N-dealkylation sites (N-methyl/N-ethyl adjacent to an activating group) is 1. The summed E-state index contributed by atoms with van der Waals surface area (Å²) in [7, 11) is 2.96. The van der Waals surface area contributed by atoms with Crippen LogP contribution < -0.4 is 20.3 Å². The lowest BCUT2D eigenvalue weighted by Crippen LogP contribution is -2.60. The summed E-state index contributed by atoms with van der Waals surface area (Å²) in [4.78, 5) is 28.4. The highest BCUT2D eigenvalue weighted by Gasteiger charge is 2.37. The third kappa shape index (κ3) is 5.17. The van der Waals surface area contributed by atoms with Gasteiger partial charge in [0.15, 0.2) is 0 Å². The lowest BCUT2D eigenvalue weighted by atomic mass is 10.0. The Hall–Kier alpha value is -3.94. The quantitative estimate of drug-likeness (QED) is 0.707. The Morgan fingerprint density at radius 3 is 2.50 bits per heavy atom. The zero-order valence-corrected chi connectivity index (χ0v) is 18.9. The third-order valence-corrected chi connectivity index (χ3v) is 5.65. The molecular weight excluding hydrogens is 451 g/mol. The molecule has 3 amide bonds. The molecule has 1 fully saturated rings. The Labute approximate surface area is 194 Å². The molecule has 2 aromatic carbocycles. The Morgan fingerprint density at radius 2 is 1.91 bits per heavy atom. The predicted molar refractivity (Wildman–Crippen MR) is 120 cm³/mol.